The lowest BCUT2D eigenvalue weighted by Crippen LogP contribution is -2.39. The van der Waals surface area contributed by atoms with Gasteiger partial charge in [0.2, 0.25) is 5.91 Å². The van der Waals surface area contributed by atoms with Crippen molar-refractivity contribution in [3.8, 4) is 0 Å². The number of carbonyl (C=O) groups is 2. The summed E-state index contributed by atoms with van der Waals surface area (Å²) in [6, 6.07) is 22.3. The van der Waals surface area contributed by atoms with Crippen LogP contribution in [0.4, 0.5) is 0 Å². The molecule has 1 atom stereocenters. The highest BCUT2D eigenvalue weighted by atomic mass is 32.2. The third-order valence-electron chi connectivity index (χ3n) is 4.75. The Kier molecular flexibility index (Phi) is 6.87. The topological polar surface area (TPSA) is 92.3 Å². The molecule has 2 amide bonds. The van der Waals surface area contributed by atoms with E-state index >= 15 is 0 Å². The average molecular weight is 437 g/mol. The van der Waals surface area contributed by atoms with E-state index in [0.717, 1.165) is 17.4 Å². The van der Waals surface area contributed by atoms with Crippen LogP contribution in [-0.2, 0) is 14.6 Å². The molecule has 0 saturated heterocycles. The molecule has 0 aliphatic rings. The third-order valence-corrected chi connectivity index (χ3v) is 5.86. The number of nitrogens with one attached hydrogen (secondary N) is 2. The molecule has 3 aromatic rings. The van der Waals surface area contributed by atoms with Gasteiger partial charge in [-0.25, -0.2) is 8.42 Å². The van der Waals surface area contributed by atoms with E-state index in [1.54, 1.807) is 36.4 Å². The van der Waals surface area contributed by atoms with Crippen LogP contribution in [0, 0.1) is 6.92 Å². The monoisotopic (exact) mass is 436 g/mol. The Balaban J connectivity index is 1.78. The molecule has 0 aromatic heterocycles. The van der Waals surface area contributed by atoms with Crippen molar-refractivity contribution in [1.82, 2.24) is 10.6 Å². The number of amides is 2. The quantitative estimate of drug-likeness (QED) is 0.596. The largest absolute Gasteiger partial charge is 0.344 e. The molecule has 2 N–H and O–H groups in total. The van der Waals surface area contributed by atoms with Gasteiger partial charge >= 0.3 is 0 Å². The molecule has 7 heteroatoms. The van der Waals surface area contributed by atoms with Gasteiger partial charge in [-0.2, -0.15) is 0 Å². The van der Waals surface area contributed by atoms with Crippen molar-refractivity contribution in [2.45, 2.75) is 17.9 Å². The first-order valence-electron chi connectivity index (χ1n) is 9.73. The van der Waals surface area contributed by atoms with Gasteiger partial charge in [-0.3, -0.25) is 9.59 Å². The van der Waals surface area contributed by atoms with Gasteiger partial charge in [0.05, 0.1) is 17.5 Å². The van der Waals surface area contributed by atoms with Gasteiger partial charge in [-0.1, -0.05) is 60.2 Å². The van der Waals surface area contributed by atoms with Crippen LogP contribution < -0.4 is 10.6 Å². The second-order valence-corrected chi connectivity index (χ2v) is 9.32. The van der Waals surface area contributed by atoms with Crippen molar-refractivity contribution in [2.24, 2.45) is 0 Å². The summed E-state index contributed by atoms with van der Waals surface area (Å²) in [5.41, 5.74) is 2.86. The van der Waals surface area contributed by atoms with E-state index in [9.17, 15) is 18.0 Å². The van der Waals surface area contributed by atoms with Crippen molar-refractivity contribution in [2.75, 3.05) is 12.8 Å². The number of hydrogen-bond donors (Lipinski definition) is 2. The Morgan fingerprint density at radius 1 is 0.871 bits per heavy atom. The Labute approximate surface area is 182 Å². The minimum Gasteiger partial charge on any atom is -0.344 e. The fraction of sp³-hybridized carbons (Fsp3) is 0.167. The second kappa shape index (κ2) is 9.57. The smallest absolute Gasteiger partial charge is 0.251 e. The fourth-order valence-electron chi connectivity index (χ4n) is 3.19. The minimum atomic E-state index is -3.39. The highest BCUT2D eigenvalue weighted by Gasteiger charge is 2.19. The normalized spacial score (nSPS) is 12.1. The van der Waals surface area contributed by atoms with Crippen molar-refractivity contribution in [3.05, 3.63) is 101 Å². The maximum Gasteiger partial charge on any atom is 0.251 e. The summed E-state index contributed by atoms with van der Waals surface area (Å²) in [4.78, 5) is 25.1. The molecule has 0 radical (unpaired) electrons. The molecule has 0 aliphatic carbocycles. The van der Waals surface area contributed by atoms with Crippen molar-refractivity contribution >= 4 is 21.7 Å². The van der Waals surface area contributed by atoms with E-state index in [1.165, 1.54) is 6.07 Å². The van der Waals surface area contributed by atoms with E-state index in [2.05, 4.69) is 10.6 Å². The predicted molar refractivity (Wildman–Crippen MR) is 119 cm³/mol. The Hall–Kier alpha value is -3.45. The van der Waals surface area contributed by atoms with Crippen LogP contribution in [0.3, 0.4) is 0 Å². The fourth-order valence-corrected chi connectivity index (χ4v) is 3.87. The summed E-state index contributed by atoms with van der Waals surface area (Å²) in [6.45, 7) is 1.68. The molecule has 0 aliphatic heterocycles. The molecule has 3 aromatic carbocycles. The lowest BCUT2D eigenvalue weighted by atomic mass is 9.98. The van der Waals surface area contributed by atoms with E-state index in [4.69, 9.17) is 0 Å². The number of sulfone groups is 1. The summed E-state index contributed by atoms with van der Waals surface area (Å²) in [5.74, 6) is -0.728. The average Bonchev–Trinajstić information content (AvgIpc) is 2.76. The number of aryl methyl sites for hydroxylation is 1. The van der Waals surface area contributed by atoms with Crippen molar-refractivity contribution in [3.63, 3.8) is 0 Å². The lowest BCUT2D eigenvalue weighted by molar-refractivity contribution is -0.120. The van der Waals surface area contributed by atoms with E-state index in [0.29, 0.717) is 11.1 Å². The Morgan fingerprint density at radius 2 is 1.55 bits per heavy atom. The zero-order valence-electron chi connectivity index (χ0n) is 17.3. The van der Waals surface area contributed by atoms with Gasteiger partial charge in [0, 0.05) is 11.8 Å². The minimum absolute atomic E-state index is 0.174. The number of rotatable bonds is 7. The first-order chi connectivity index (χ1) is 14.7. The maximum atomic E-state index is 12.6. The molecule has 1 unspecified atom stereocenters. The molecule has 3 rings (SSSR count). The van der Waals surface area contributed by atoms with Crippen LogP contribution >= 0.6 is 0 Å². The zero-order valence-corrected chi connectivity index (χ0v) is 18.1. The first kappa shape index (κ1) is 22.2. The molecule has 0 fully saturated rings. The standard InChI is InChI=1S/C24H24N2O4S/c1-17-8-6-12-20(14-17)24(28)25-16-22(27)26-23(18-9-4-3-5-10-18)19-11-7-13-21(15-19)31(2,29)30/h3-15,23H,16H2,1-2H3,(H,25,28)(H,26,27). The van der Waals surface area contributed by atoms with Gasteiger partial charge in [-0.15, -0.1) is 0 Å². The van der Waals surface area contributed by atoms with Crippen LogP contribution in [0.25, 0.3) is 0 Å². The highest BCUT2D eigenvalue weighted by Crippen LogP contribution is 2.24. The maximum absolute atomic E-state index is 12.6. The molecule has 0 spiro atoms. The van der Waals surface area contributed by atoms with Gasteiger partial charge in [-0.05, 0) is 42.3 Å². The van der Waals surface area contributed by atoms with Crippen LogP contribution in [0.2, 0.25) is 0 Å². The summed E-state index contributed by atoms with van der Waals surface area (Å²) in [5, 5.41) is 5.52. The molecular weight excluding hydrogens is 412 g/mol. The van der Waals surface area contributed by atoms with E-state index < -0.39 is 15.9 Å². The molecule has 31 heavy (non-hydrogen) atoms. The zero-order chi connectivity index (χ0) is 22.4. The van der Waals surface area contributed by atoms with Crippen molar-refractivity contribution in [1.29, 1.82) is 0 Å². The number of carbonyl (C=O) groups excluding carboxylic acids is 2. The molecular formula is C24H24N2O4S. The second-order valence-electron chi connectivity index (χ2n) is 7.31. The van der Waals surface area contributed by atoms with Crippen LogP contribution in [0.15, 0.2) is 83.8 Å². The molecule has 0 bridgehead atoms. The highest BCUT2D eigenvalue weighted by molar-refractivity contribution is 7.90. The summed E-state index contributed by atoms with van der Waals surface area (Å²) in [7, 11) is -3.39. The Bertz CT molecular complexity index is 1190. The van der Waals surface area contributed by atoms with Gasteiger partial charge < -0.3 is 10.6 Å². The Morgan fingerprint density at radius 3 is 2.23 bits per heavy atom. The lowest BCUT2D eigenvalue weighted by Gasteiger charge is -2.20. The van der Waals surface area contributed by atoms with E-state index in [1.807, 2.05) is 43.3 Å². The van der Waals surface area contributed by atoms with Gasteiger partial charge in [0.25, 0.3) is 5.91 Å². The van der Waals surface area contributed by atoms with Crippen LogP contribution in [0.1, 0.15) is 33.1 Å². The first-order valence-corrected chi connectivity index (χ1v) is 11.6. The molecule has 0 heterocycles. The predicted octanol–water partition coefficient (Wildman–Crippen LogP) is 3.03. The summed E-state index contributed by atoms with van der Waals surface area (Å²) < 4.78 is 23.9. The van der Waals surface area contributed by atoms with Gasteiger partial charge in [0.15, 0.2) is 9.84 Å². The molecule has 160 valence electrons. The number of hydrogen-bond acceptors (Lipinski definition) is 4. The SMILES string of the molecule is Cc1cccc(C(=O)NCC(=O)NC(c2ccccc2)c2cccc(S(C)(=O)=O)c2)c1. The van der Waals surface area contributed by atoms with Gasteiger partial charge in [0.1, 0.15) is 0 Å². The van der Waals surface area contributed by atoms with Crippen LogP contribution in [-0.4, -0.2) is 33.0 Å². The van der Waals surface area contributed by atoms with Crippen LogP contribution in [0.5, 0.6) is 0 Å². The third kappa shape index (κ3) is 6.02. The number of benzene rings is 3. The molecule has 6 nitrogen and oxygen atoms in total. The summed E-state index contributed by atoms with van der Waals surface area (Å²) in [6.07, 6.45) is 1.14. The molecule has 0 saturated carbocycles. The van der Waals surface area contributed by atoms with E-state index in [-0.39, 0.29) is 23.3 Å². The van der Waals surface area contributed by atoms with Crippen molar-refractivity contribution < 1.29 is 18.0 Å². The summed E-state index contributed by atoms with van der Waals surface area (Å²) >= 11 is 0.